The second kappa shape index (κ2) is 7.33. The van der Waals surface area contributed by atoms with Crippen LogP contribution in [0.1, 0.15) is 29.1 Å². The smallest absolute Gasteiger partial charge is 0.146 e. The maximum absolute atomic E-state index is 4.98. The lowest BCUT2D eigenvalue weighted by atomic mass is 10.2. The topological polar surface area (TPSA) is 35.5 Å². The number of thiophene rings is 1. The molecule has 3 heterocycles. The van der Waals surface area contributed by atoms with Gasteiger partial charge in [0.2, 0.25) is 0 Å². The van der Waals surface area contributed by atoms with Crippen LogP contribution in [-0.4, -0.2) is 67.1 Å². The second-order valence-corrected chi connectivity index (χ2v) is 8.34. The van der Waals surface area contributed by atoms with Gasteiger partial charge in [0, 0.05) is 25.0 Å². The summed E-state index contributed by atoms with van der Waals surface area (Å²) in [5.41, 5.74) is 1.33. The van der Waals surface area contributed by atoms with Gasteiger partial charge in [-0.1, -0.05) is 0 Å². The van der Waals surface area contributed by atoms with Crippen LogP contribution >= 0.6 is 11.3 Å². The van der Waals surface area contributed by atoms with Crippen LogP contribution in [-0.2, 0) is 6.54 Å². The second-order valence-electron chi connectivity index (χ2n) is 7.13. The van der Waals surface area contributed by atoms with Gasteiger partial charge in [-0.05, 0) is 59.4 Å². The number of rotatable bonds is 6. The summed E-state index contributed by atoms with van der Waals surface area (Å²) in [4.78, 5) is 19.3. The highest BCUT2D eigenvalue weighted by Crippen LogP contribution is 2.34. The molecule has 5 nitrogen and oxygen atoms in total. The number of aryl methyl sites for hydroxylation is 2. The Morgan fingerprint density at radius 2 is 1.75 bits per heavy atom. The standard InChI is InChI=1S/C18H29N5S/c1-13-14(2)24-18-16(13)17(22(5)11-10-21(3)4)19-15(20-18)12-23-8-6-7-9-23/h6-12H2,1-5H3. The molecule has 6 heteroatoms. The molecule has 2 aromatic rings. The fourth-order valence-corrected chi connectivity index (χ4v) is 4.26. The predicted molar refractivity (Wildman–Crippen MR) is 103 cm³/mol. The van der Waals surface area contributed by atoms with Crippen LogP contribution in [0.2, 0.25) is 0 Å². The van der Waals surface area contributed by atoms with Crippen molar-refractivity contribution in [3.05, 3.63) is 16.3 Å². The van der Waals surface area contributed by atoms with E-state index >= 15 is 0 Å². The molecule has 3 rings (SSSR count). The first-order valence-electron chi connectivity index (χ1n) is 8.80. The van der Waals surface area contributed by atoms with Crippen molar-refractivity contribution in [1.29, 1.82) is 0 Å². The Balaban J connectivity index is 1.96. The summed E-state index contributed by atoms with van der Waals surface area (Å²) in [6, 6.07) is 0. The Morgan fingerprint density at radius 1 is 1.04 bits per heavy atom. The van der Waals surface area contributed by atoms with Crippen LogP contribution in [0.3, 0.4) is 0 Å². The van der Waals surface area contributed by atoms with E-state index in [-0.39, 0.29) is 0 Å². The maximum atomic E-state index is 4.98. The number of hydrogen-bond acceptors (Lipinski definition) is 6. The Bertz CT molecular complexity index is 703. The van der Waals surface area contributed by atoms with E-state index in [1.54, 1.807) is 11.3 Å². The number of likely N-dealkylation sites (tertiary alicyclic amines) is 1. The number of likely N-dealkylation sites (N-methyl/N-ethyl adjacent to an activating group) is 2. The third-order valence-electron chi connectivity index (χ3n) is 4.86. The van der Waals surface area contributed by atoms with Gasteiger partial charge in [-0.2, -0.15) is 0 Å². The van der Waals surface area contributed by atoms with Crippen molar-refractivity contribution in [3.8, 4) is 0 Å². The molecule has 0 radical (unpaired) electrons. The van der Waals surface area contributed by atoms with Crippen molar-refractivity contribution < 1.29 is 0 Å². The average Bonchev–Trinajstić information content (AvgIpc) is 3.13. The number of nitrogens with zero attached hydrogens (tertiary/aromatic N) is 5. The predicted octanol–water partition coefficient (Wildman–Crippen LogP) is 2.90. The average molecular weight is 348 g/mol. The van der Waals surface area contributed by atoms with E-state index in [0.29, 0.717) is 0 Å². The fourth-order valence-electron chi connectivity index (χ4n) is 3.22. The van der Waals surface area contributed by atoms with Crippen molar-refractivity contribution in [2.75, 3.05) is 52.2 Å². The zero-order valence-corrected chi connectivity index (χ0v) is 16.4. The van der Waals surface area contributed by atoms with E-state index in [4.69, 9.17) is 9.97 Å². The van der Waals surface area contributed by atoms with Gasteiger partial charge < -0.3 is 9.80 Å². The Morgan fingerprint density at radius 3 is 2.42 bits per heavy atom. The molecule has 0 unspecified atom stereocenters. The molecule has 2 aromatic heterocycles. The molecule has 0 saturated carbocycles. The zero-order chi connectivity index (χ0) is 17.3. The summed E-state index contributed by atoms with van der Waals surface area (Å²) in [6.45, 7) is 9.60. The molecule has 1 aliphatic heterocycles. The van der Waals surface area contributed by atoms with Crippen LogP contribution in [0, 0.1) is 13.8 Å². The van der Waals surface area contributed by atoms with E-state index < -0.39 is 0 Å². The highest BCUT2D eigenvalue weighted by molar-refractivity contribution is 7.18. The van der Waals surface area contributed by atoms with E-state index in [9.17, 15) is 0 Å². The molecule has 132 valence electrons. The van der Waals surface area contributed by atoms with Crippen LogP contribution in [0.25, 0.3) is 10.2 Å². The first-order valence-corrected chi connectivity index (χ1v) is 9.62. The van der Waals surface area contributed by atoms with Gasteiger partial charge in [-0.15, -0.1) is 11.3 Å². The molecular formula is C18H29N5S. The normalized spacial score (nSPS) is 15.8. The van der Waals surface area contributed by atoms with Crippen molar-refractivity contribution in [2.24, 2.45) is 0 Å². The molecule has 1 aliphatic rings. The molecule has 1 saturated heterocycles. The SMILES string of the molecule is Cc1sc2nc(CN3CCCC3)nc(N(C)CCN(C)C)c2c1C. The summed E-state index contributed by atoms with van der Waals surface area (Å²) in [5, 5.41) is 1.24. The molecular weight excluding hydrogens is 318 g/mol. The Hall–Kier alpha value is -1.24. The fraction of sp³-hybridized carbons (Fsp3) is 0.667. The lowest BCUT2D eigenvalue weighted by Crippen LogP contribution is -2.30. The minimum atomic E-state index is 0.875. The molecule has 0 aliphatic carbocycles. The number of fused-ring (bicyclic) bond motifs is 1. The summed E-state index contributed by atoms with van der Waals surface area (Å²) in [6.07, 6.45) is 2.60. The van der Waals surface area contributed by atoms with Crippen molar-refractivity contribution in [3.63, 3.8) is 0 Å². The van der Waals surface area contributed by atoms with Crippen LogP contribution in [0.4, 0.5) is 5.82 Å². The van der Waals surface area contributed by atoms with Gasteiger partial charge in [-0.3, -0.25) is 4.90 Å². The minimum absolute atomic E-state index is 0.875. The third-order valence-corrected chi connectivity index (χ3v) is 5.96. The van der Waals surface area contributed by atoms with Gasteiger partial charge in [-0.25, -0.2) is 9.97 Å². The summed E-state index contributed by atoms with van der Waals surface area (Å²) >= 11 is 1.80. The minimum Gasteiger partial charge on any atom is -0.358 e. The van der Waals surface area contributed by atoms with Gasteiger partial charge in [0.05, 0.1) is 11.9 Å². The third kappa shape index (κ3) is 3.71. The van der Waals surface area contributed by atoms with Crippen LogP contribution in [0.5, 0.6) is 0 Å². The molecule has 24 heavy (non-hydrogen) atoms. The Kier molecular flexibility index (Phi) is 5.37. The van der Waals surface area contributed by atoms with E-state index in [1.807, 2.05) is 0 Å². The molecule has 0 N–H and O–H groups in total. The summed E-state index contributed by atoms with van der Waals surface area (Å²) in [5.74, 6) is 2.07. The largest absolute Gasteiger partial charge is 0.358 e. The number of hydrogen-bond donors (Lipinski definition) is 0. The molecule has 0 atom stereocenters. The van der Waals surface area contributed by atoms with Crippen molar-refractivity contribution in [2.45, 2.75) is 33.2 Å². The number of anilines is 1. The monoisotopic (exact) mass is 347 g/mol. The Labute approximate surface area is 149 Å². The van der Waals surface area contributed by atoms with E-state index in [1.165, 1.54) is 41.8 Å². The van der Waals surface area contributed by atoms with Crippen LogP contribution in [0.15, 0.2) is 0 Å². The summed E-state index contributed by atoms with van der Waals surface area (Å²) in [7, 11) is 6.38. The van der Waals surface area contributed by atoms with Crippen molar-refractivity contribution in [1.82, 2.24) is 19.8 Å². The lowest BCUT2D eigenvalue weighted by molar-refractivity contribution is 0.323. The zero-order valence-electron chi connectivity index (χ0n) is 15.6. The first-order chi connectivity index (χ1) is 11.5. The first kappa shape index (κ1) is 17.6. The molecule has 0 amide bonds. The maximum Gasteiger partial charge on any atom is 0.146 e. The van der Waals surface area contributed by atoms with Gasteiger partial charge in [0.25, 0.3) is 0 Å². The molecule has 0 spiro atoms. The molecule has 0 bridgehead atoms. The van der Waals surface area contributed by atoms with Crippen LogP contribution < -0.4 is 4.90 Å². The summed E-state index contributed by atoms with van der Waals surface area (Å²) < 4.78 is 0. The van der Waals surface area contributed by atoms with E-state index in [2.05, 4.69) is 49.7 Å². The number of aromatic nitrogens is 2. The highest BCUT2D eigenvalue weighted by Gasteiger charge is 2.19. The van der Waals surface area contributed by atoms with E-state index in [0.717, 1.165) is 36.1 Å². The van der Waals surface area contributed by atoms with Gasteiger partial charge in [0.15, 0.2) is 0 Å². The molecule has 0 aromatic carbocycles. The van der Waals surface area contributed by atoms with Crippen molar-refractivity contribution >= 4 is 27.4 Å². The van der Waals surface area contributed by atoms with Gasteiger partial charge >= 0.3 is 0 Å². The lowest BCUT2D eigenvalue weighted by Gasteiger charge is -2.23. The quantitative estimate of drug-likeness (QED) is 0.803. The molecule has 1 fully saturated rings. The van der Waals surface area contributed by atoms with Gasteiger partial charge in [0.1, 0.15) is 16.5 Å². The highest BCUT2D eigenvalue weighted by atomic mass is 32.1.